The number of para-hydroxylation sites is 2. The molecule has 0 heterocycles. The third-order valence-electron chi connectivity index (χ3n) is 4.26. The lowest BCUT2D eigenvalue weighted by Gasteiger charge is -2.11. The smallest absolute Gasteiger partial charge is 0.227 e. The van der Waals surface area contributed by atoms with Crippen LogP contribution in [-0.4, -0.2) is 5.90 Å². The van der Waals surface area contributed by atoms with Gasteiger partial charge in [0.2, 0.25) is 5.90 Å². The van der Waals surface area contributed by atoms with Gasteiger partial charge in [0.1, 0.15) is 17.2 Å². The van der Waals surface area contributed by atoms with Gasteiger partial charge < -0.3 is 9.47 Å². The second-order valence-electron chi connectivity index (χ2n) is 6.43. The van der Waals surface area contributed by atoms with Gasteiger partial charge in [-0.05, 0) is 72.8 Å². The molecule has 0 N–H and O–H groups in total. The molecule has 0 aliphatic rings. The van der Waals surface area contributed by atoms with Crippen LogP contribution in [0.2, 0.25) is 0 Å². The average molecular weight is 390 g/mol. The molecule has 0 aliphatic carbocycles. The van der Waals surface area contributed by atoms with E-state index < -0.39 is 0 Å². The van der Waals surface area contributed by atoms with Crippen LogP contribution in [0.1, 0.15) is 11.1 Å². The number of ether oxygens (including phenoxy) is 2. The molecule has 0 atom stereocenters. The summed E-state index contributed by atoms with van der Waals surface area (Å²) in [5.41, 5.74) is 2.17. The third kappa shape index (κ3) is 4.92. The predicted octanol–water partition coefficient (Wildman–Crippen LogP) is 6.51. The maximum Gasteiger partial charge on any atom is 0.227 e. The minimum absolute atomic E-state index is 0.456. The molecule has 0 fully saturated rings. The van der Waals surface area contributed by atoms with Gasteiger partial charge in [0, 0.05) is 5.56 Å². The molecule has 4 nitrogen and oxygen atoms in total. The van der Waals surface area contributed by atoms with E-state index in [1.807, 2.05) is 84.9 Å². The van der Waals surface area contributed by atoms with Crippen LogP contribution >= 0.6 is 0 Å². The summed E-state index contributed by atoms with van der Waals surface area (Å²) in [5, 5.41) is 8.99. The molecule has 4 heteroatoms. The molecule has 0 saturated heterocycles. The molecule has 0 aliphatic heterocycles. The van der Waals surface area contributed by atoms with Crippen molar-refractivity contribution in [2.75, 3.05) is 0 Å². The Kier molecular flexibility index (Phi) is 5.83. The van der Waals surface area contributed by atoms with Crippen molar-refractivity contribution in [1.82, 2.24) is 0 Å². The van der Waals surface area contributed by atoms with Gasteiger partial charge in [-0.1, -0.05) is 36.4 Å². The number of aliphatic imine (C=N–C) groups is 1. The molecule has 0 bridgehead atoms. The van der Waals surface area contributed by atoms with Crippen LogP contribution in [0.25, 0.3) is 0 Å². The first-order chi connectivity index (χ1) is 14.8. The lowest BCUT2D eigenvalue weighted by atomic mass is 10.2. The molecule has 0 aromatic heterocycles. The van der Waals surface area contributed by atoms with Gasteiger partial charge in [-0.25, -0.2) is 4.99 Å². The van der Waals surface area contributed by atoms with Gasteiger partial charge in [-0.3, -0.25) is 0 Å². The van der Waals surface area contributed by atoms with Crippen LogP contribution in [-0.2, 0) is 0 Å². The van der Waals surface area contributed by atoms with E-state index in [0.29, 0.717) is 17.2 Å². The van der Waals surface area contributed by atoms with Crippen molar-refractivity contribution in [2.24, 2.45) is 4.99 Å². The van der Waals surface area contributed by atoms with Gasteiger partial charge >= 0.3 is 0 Å². The molecule has 144 valence electrons. The van der Waals surface area contributed by atoms with E-state index in [1.54, 1.807) is 24.3 Å². The van der Waals surface area contributed by atoms with Crippen molar-refractivity contribution in [1.29, 1.82) is 5.26 Å². The number of nitriles is 1. The predicted molar refractivity (Wildman–Crippen MR) is 117 cm³/mol. The summed E-state index contributed by atoms with van der Waals surface area (Å²) in [6.45, 7) is 0. The number of rotatable bonds is 5. The molecule has 4 rings (SSSR count). The second-order valence-corrected chi connectivity index (χ2v) is 6.43. The van der Waals surface area contributed by atoms with Crippen LogP contribution in [0.5, 0.6) is 17.2 Å². The molecule has 0 saturated carbocycles. The monoisotopic (exact) mass is 390 g/mol. The van der Waals surface area contributed by atoms with Crippen molar-refractivity contribution >= 4 is 11.6 Å². The molecular formula is C26H18N2O2. The molecule has 4 aromatic carbocycles. The highest BCUT2D eigenvalue weighted by molar-refractivity contribution is 5.97. The normalized spacial score (nSPS) is 10.8. The first-order valence-corrected chi connectivity index (χ1v) is 9.45. The van der Waals surface area contributed by atoms with Crippen molar-refractivity contribution in [3.63, 3.8) is 0 Å². The summed E-state index contributed by atoms with van der Waals surface area (Å²) in [6, 6.07) is 35.9. The van der Waals surface area contributed by atoms with Crippen molar-refractivity contribution in [3.8, 4) is 23.3 Å². The molecule has 0 unspecified atom stereocenters. The van der Waals surface area contributed by atoms with Crippen LogP contribution in [0, 0.1) is 11.3 Å². The van der Waals surface area contributed by atoms with Gasteiger partial charge in [0.25, 0.3) is 0 Å². The summed E-state index contributed by atoms with van der Waals surface area (Å²) in [7, 11) is 0. The van der Waals surface area contributed by atoms with Gasteiger partial charge in [-0.2, -0.15) is 5.26 Å². The van der Waals surface area contributed by atoms with E-state index in [0.717, 1.165) is 22.7 Å². The van der Waals surface area contributed by atoms with E-state index in [2.05, 4.69) is 11.1 Å². The maximum absolute atomic E-state index is 8.99. The molecule has 0 spiro atoms. The Labute approximate surface area is 175 Å². The van der Waals surface area contributed by atoms with Crippen LogP contribution in [0.4, 0.5) is 5.69 Å². The SMILES string of the molecule is N#Cc1ccc(OC(=Nc2ccccc2)c2ccc(Oc3ccccc3)cc2)cc1. The molecular weight excluding hydrogens is 372 g/mol. The number of nitrogens with zero attached hydrogens (tertiary/aromatic N) is 2. The van der Waals surface area contributed by atoms with E-state index in [1.165, 1.54) is 0 Å². The Morgan fingerprint density at radius 3 is 1.83 bits per heavy atom. The zero-order valence-electron chi connectivity index (χ0n) is 16.1. The Balaban J connectivity index is 1.61. The number of hydrogen-bond acceptors (Lipinski definition) is 4. The fourth-order valence-corrected chi connectivity index (χ4v) is 2.77. The number of hydrogen-bond donors (Lipinski definition) is 0. The summed E-state index contributed by atoms with van der Waals surface area (Å²) in [5.74, 6) is 2.56. The van der Waals surface area contributed by atoms with E-state index >= 15 is 0 Å². The van der Waals surface area contributed by atoms with Crippen molar-refractivity contribution < 1.29 is 9.47 Å². The van der Waals surface area contributed by atoms with E-state index in [-0.39, 0.29) is 0 Å². The fraction of sp³-hybridized carbons (Fsp3) is 0. The Morgan fingerprint density at radius 2 is 1.20 bits per heavy atom. The Morgan fingerprint density at radius 1 is 0.633 bits per heavy atom. The molecule has 30 heavy (non-hydrogen) atoms. The first kappa shape index (κ1) is 19.0. The summed E-state index contributed by atoms with van der Waals surface area (Å²) >= 11 is 0. The molecule has 0 amide bonds. The standard InChI is InChI=1S/C26H18N2O2/c27-19-20-11-15-25(16-12-20)30-26(28-22-7-3-1-4-8-22)21-13-17-24(18-14-21)29-23-9-5-2-6-10-23/h1-18H. The first-order valence-electron chi connectivity index (χ1n) is 9.45. The Bertz CT molecular complexity index is 1160. The Hall–Kier alpha value is -4.36. The average Bonchev–Trinajstić information content (AvgIpc) is 2.81. The van der Waals surface area contributed by atoms with Gasteiger partial charge in [0.05, 0.1) is 17.3 Å². The zero-order valence-corrected chi connectivity index (χ0v) is 16.1. The highest BCUT2D eigenvalue weighted by Crippen LogP contribution is 2.23. The minimum Gasteiger partial charge on any atom is -0.457 e. The van der Waals surface area contributed by atoms with Crippen LogP contribution in [0.3, 0.4) is 0 Å². The quantitative estimate of drug-likeness (QED) is 0.288. The molecule has 0 radical (unpaired) electrons. The third-order valence-corrected chi connectivity index (χ3v) is 4.26. The van der Waals surface area contributed by atoms with Gasteiger partial charge in [-0.15, -0.1) is 0 Å². The highest BCUT2D eigenvalue weighted by atomic mass is 16.5. The maximum atomic E-state index is 8.99. The van der Waals surface area contributed by atoms with E-state index in [4.69, 9.17) is 14.7 Å². The lowest BCUT2D eigenvalue weighted by Crippen LogP contribution is -2.10. The lowest BCUT2D eigenvalue weighted by molar-refractivity contribution is 0.482. The summed E-state index contributed by atoms with van der Waals surface area (Å²) in [4.78, 5) is 4.67. The fourth-order valence-electron chi connectivity index (χ4n) is 2.77. The summed E-state index contributed by atoms with van der Waals surface area (Å²) < 4.78 is 11.9. The van der Waals surface area contributed by atoms with Crippen LogP contribution < -0.4 is 9.47 Å². The van der Waals surface area contributed by atoms with Crippen molar-refractivity contribution in [2.45, 2.75) is 0 Å². The van der Waals surface area contributed by atoms with Crippen LogP contribution in [0.15, 0.2) is 114 Å². The topological polar surface area (TPSA) is 54.6 Å². The second kappa shape index (κ2) is 9.22. The summed E-state index contributed by atoms with van der Waals surface area (Å²) in [6.07, 6.45) is 0. The highest BCUT2D eigenvalue weighted by Gasteiger charge is 2.09. The van der Waals surface area contributed by atoms with E-state index in [9.17, 15) is 0 Å². The number of benzene rings is 4. The molecule has 4 aromatic rings. The zero-order chi connectivity index (χ0) is 20.6. The van der Waals surface area contributed by atoms with Gasteiger partial charge in [0.15, 0.2) is 0 Å². The minimum atomic E-state index is 0.456. The largest absolute Gasteiger partial charge is 0.457 e. The van der Waals surface area contributed by atoms with Crippen molar-refractivity contribution in [3.05, 3.63) is 120 Å².